The number of alkyl halides is 7. The minimum Gasteiger partial charge on any atom is -0.295 e. The first-order valence-corrected chi connectivity index (χ1v) is 6.49. The lowest BCUT2D eigenvalue weighted by molar-refractivity contribution is -0.409. The van der Waals surface area contributed by atoms with Crippen LogP contribution in [0.25, 0.3) is 0 Å². The molecule has 1 rings (SSSR count). The molecule has 1 saturated heterocycles. The van der Waals surface area contributed by atoms with Gasteiger partial charge in [0.15, 0.2) is 0 Å². The highest BCUT2D eigenvalue weighted by atomic mass is 19.4. The van der Waals surface area contributed by atoms with Crippen LogP contribution < -0.4 is 0 Å². The van der Waals surface area contributed by atoms with Crippen LogP contribution in [0.5, 0.6) is 0 Å². The highest BCUT2D eigenvalue weighted by molar-refractivity contribution is 5.10. The molecule has 0 radical (unpaired) electrons. The van der Waals surface area contributed by atoms with Crippen LogP contribution in [0.4, 0.5) is 30.7 Å². The van der Waals surface area contributed by atoms with Crippen molar-refractivity contribution in [2.75, 3.05) is 0 Å². The molecule has 132 valence electrons. The summed E-state index contributed by atoms with van der Waals surface area (Å²) >= 11 is 0. The summed E-state index contributed by atoms with van der Waals surface area (Å²) in [4.78, 5) is 0. The summed E-state index contributed by atoms with van der Waals surface area (Å²) in [5.74, 6) is -12.2. The zero-order chi connectivity index (χ0) is 18.0. The maximum Gasteiger partial charge on any atom is 0.449 e. The minimum atomic E-state index is -5.83. The summed E-state index contributed by atoms with van der Waals surface area (Å²) in [6, 6.07) is 0. The third kappa shape index (κ3) is 2.31. The maximum atomic E-state index is 15.2. The molecular weight excluding hydrogens is 321 g/mol. The van der Waals surface area contributed by atoms with Crippen molar-refractivity contribution in [3.63, 3.8) is 0 Å². The molecule has 0 aromatic rings. The smallest absolute Gasteiger partial charge is 0.295 e. The van der Waals surface area contributed by atoms with E-state index < -0.39 is 40.9 Å². The second-order valence-corrected chi connectivity index (χ2v) is 7.36. The molecule has 0 N–H and O–H groups in total. The summed E-state index contributed by atoms with van der Waals surface area (Å²) in [6.07, 6.45) is -10.2. The average molecular weight is 340 g/mol. The van der Waals surface area contributed by atoms with Crippen LogP contribution in [0.3, 0.4) is 0 Å². The van der Waals surface area contributed by atoms with E-state index >= 15 is 8.78 Å². The van der Waals surface area contributed by atoms with E-state index in [9.17, 15) is 22.0 Å². The lowest BCUT2D eigenvalue weighted by Crippen LogP contribution is -2.60. The molecule has 2 unspecified atom stereocenters. The SMILES string of the molecule is CC(C)(C)C1(F)OC(C(F)F)(C(F)(F)F)OC1(F)C(C)(C)C. The van der Waals surface area contributed by atoms with Gasteiger partial charge in [-0.1, -0.05) is 41.5 Å². The van der Waals surface area contributed by atoms with Crippen molar-refractivity contribution in [2.24, 2.45) is 10.8 Å². The summed E-state index contributed by atoms with van der Waals surface area (Å²) in [5.41, 5.74) is -3.81. The Hall–Kier alpha value is -0.570. The molecule has 0 amide bonds. The summed E-state index contributed by atoms with van der Waals surface area (Å²) in [7, 11) is 0. The molecule has 0 saturated carbocycles. The van der Waals surface area contributed by atoms with E-state index in [1.807, 2.05) is 0 Å². The van der Waals surface area contributed by atoms with Gasteiger partial charge in [0.25, 0.3) is 11.7 Å². The molecule has 22 heavy (non-hydrogen) atoms. The standard InChI is InChI=1S/C13H19F7O2/c1-8(2,3)11(16)12(17,9(4,5)6)22-10(21-11,7(14)15)13(18,19)20/h7H,1-6H3. The van der Waals surface area contributed by atoms with Crippen LogP contribution in [0.15, 0.2) is 0 Å². The summed E-state index contributed by atoms with van der Waals surface area (Å²) < 4.78 is 104. The fraction of sp³-hybridized carbons (Fsp3) is 1.00. The molecule has 0 aromatic heterocycles. The first kappa shape index (κ1) is 19.5. The third-order valence-corrected chi connectivity index (χ3v) is 3.61. The highest BCUT2D eigenvalue weighted by Gasteiger charge is 2.84. The van der Waals surface area contributed by atoms with E-state index in [1.54, 1.807) is 0 Å². The Labute approximate surface area is 123 Å². The van der Waals surface area contributed by atoms with Crippen LogP contribution in [0.2, 0.25) is 0 Å². The van der Waals surface area contributed by atoms with E-state index in [0.717, 1.165) is 41.5 Å². The van der Waals surface area contributed by atoms with Crippen molar-refractivity contribution < 1.29 is 40.2 Å². The van der Waals surface area contributed by atoms with Crippen molar-refractivity contribution in [3.05, 3.63) is 0 Å². The highest BCUT2D eigenvalue weighted by Crippen LogP contribution is 2.64. The average Bonchev–Trinajstić information content (AvgIpc) is 2.49. The first-order chi connectivity index (χ1) is 9.36. The molecule has 1 heterocycles. The molecule has 1 aliphatic heterocycles. The molecule has 9 heteroatoms. The largest absolute Gasteiger partial charge is 0.449 e. The predicted octanol–water partition coefficient (Wildman–Crippen LogP) is 4.98. The maximum absolute atomic E-state index is 15.2. The number of hydrogen-bond donors (Lipinski definition) is 0. The van der Waals surface area contributed by atoms with E-state index in [2.05, 4.69) is 9.47 Å². The van der Waals surface area contributed by atoms with E-state index in [0.29, 0.717) is 0 Å². The van der Waals surface area contributed by atoms with Gasteiger partial charge in [0.05, 0.1) is 0 Å². The molecule has 2 atom stereocenters. The van der Waals surface area contributed by atoms with Gasteiger partial charge in [0.2, 0.25) is 0 Å². The van der Waals surface area contributed by atoms with Gasteiger partial charge in [-0.15, -0.1) is 0 Å². The number of rotatable bonds is 1. The van der Waals surface area contributed by atoms with E-state index in [1.165, 1.54) is 0 Å². The van der Waals surface area contributed by atoms with Gasteiger partial charge in [-0.3, -0.25) is 9.47 Å². The van der Waals surface area contributed by atoms with E-state index in [4.69, 9.17) is 0 Å². The predicted molar refractivity (Wildman–Crippen MR) is 63.5 cm³/mol. The van der Waals surface area contributed by atoms with Crippen LogP contribution in [-0.2, 0) is 9.47 Å². The fourth-order valence-electron chi connectivity index (χ4n) is 2.17. The summed E-state index contributed by atoms with van der Waals surface area (Å²) in [5, 5.41) is 0. The van der Waals surface area contributed by atoms with Crippen molar-refractivity contribution in [1.82, 2.24) is 0 Å². The lowest BCUT2D eigenvalue weighted by Gasteiger charge is -2.45. The van der Waals surface area contributed by atoms with Crippen LogP contribution in [0.1, 0.15) is 41.5 Å². The van der Waals surface area contributed by atoms with Gasteiger partial charge >= 0.3 is 18.4 Å². The molecule has 0 aliphatic carbocycles. The van der Waals surface area contributed by atoms with E-state index in [-0.39, 0.29) is 0 Å². The molecule has 2 nitrogen and oxygen atoms in total. The van der Waals surface area contributed by atoms with Gasteiger partial charge < -0.3 is 0 Å². The van der Waals surface area contributed by atoms with Gasteiger partial charge in [0.1, 0.15) is 0 Å². The molecule has 1 fully saturated rings. The Morgan fingerprint density at radius 3 is 1.14 bits per heavy atom. The number of halogens is 7. The fourth-order valence-corrected chi connectivity index (χ4v) is 2.17. The Kier molecular flexibility index (Phi) is 4.18. The third-order valence-electron chi connectivity index (χ3n) is 3.61. The zero-order valence-corrected chi connectivity index (χ0v) is 13.0. The lowest BCUT2D eigenvalue weighted by atomic mass is 9.72. The van der Waals surface area contributed by atoms with Gasteiger partial charge in [0, 0.05) is 10.8 Å². The Morgan fingerprint density at radius 1 is 0.727 bits per heavy atom. The topological polar surface area (TPSA) is 18.5 Å². The van der Waals surface area contributed by atoms with Crippen LogP contribution in [-0.4, -0.2) is 30.1 Å². The molecule has 0 bridgehead atoms. The molecule has 1 aliphatic rings. The number of hydrogen-bond acceptors (Lipinski definition) is 2. The van der Waals surface area contributed by atoms with Crippen molar-refractivity contribution in [2.45, 2.75) is 71.6 Å². The van der Waals surface area contributed by atoms with Crippen molar-refractivity contribution in [1.29, 1.82) is 0 Å². The first-order valence-electron chi connectivity index (χ1n) is 6.49. The quantitative estimate of drug-likeness (QED) is 0.627. The van der Waals surface area contributed by atoms with Gasteiger partial charge in [-0.2, -0.15) is 13.2 Å². The Balaban J connectivity index is 3.66. The Bertz CT molecular complexity index is 407. The molecule has 0 aromatic carbocycles. The zero-order valence-electron chi connectivity index (χ0n) is 13.0. The second-order valence-electron chi connectivity index (χ2n) is 7.36. The molecular formula is C13H19F7O2. The summed E-state index contributed by atoms with van der Waals surface area (Å²) in [6.45, 7) is 6.22. The monoisotopic (exact) mass is 340 g/mol. The van der Waals surface area contributed by atoms with Crippen LogP contribution in [0, 0.1) is 10.8 Å². The number of ether oxygens (including phenoxy) is 2. The van der Waals surface area contributed by atoms with Crippen LogP contribution >= 0.6 is 0 Å². The second kappa shape index (κ2) is 4.72. The van der Waals surface area contributed by atoms with Gasteiger partial charge in [-0.25, -0.2) is 17.6 Å². The van der Waals surface area contributed by atoms with Crippen molar-refractivity contribution >= 4 is 0 Å². The normalized spacial score (nSPS) is 37.9. The minimum absolute atomic E-state index is 1.04. The van der Waals surface area contributed by atoms with Gasteiger partial charge in [-0.05, 0) is 0 Å². The molecule has 0 spiro atoms. The van der Waals surface area contributed by atoms with Crippen molar-refractivity contribution in [3.8, 4) is 0 Å². The Morgan fingerprint density at radius 2 is 1.00 bits per heavy atom.